The zero-order valence-corrected chi connectivity index (χ0v) is 9.40. The normalized spacial score (nSPS) is 9.07. The molecule has 4 heteroatoms. The Hall–Kier alpha value is -1.60. The minimum Gasteiger partial charge on any atom is -0.361 e. The van der Waals surface area contributed by atoms with Gasteiger partial charge >= 0.3 is 0 Å². The lowest BCUT2D eigenvalue weighted by molar-refractivity contribution is 0.905. The van der Waals surface area contributed by atoms with E-state index in [4.69, 9.17) is 17.5 Å². The van der Waals surface area contributed by atoms with Gasteiger partial charge in [0.2, 0.25) is 0 Å². The number of anilines is 1. The highest BCUT2D eigenvalue weighted by Crippen LogP contribution is 2.07. The average molecular weight is 219 g/mol. The highest BCUT2D eigenvalue weighted by molar-refractivity contribution is 7.80. The van der Waals surface area contributed by atoms with Crippen LogP contribution in [0, 0.1) is 18.3 Å². The van der Waals surface area contributed by atoms with Crippen molar-refractivity contribution in [3.63, 3.8) is 0 Å². The summed E-state index contributed by atoms with van der Waals surface area (Å²) in [6.07, 6.45) is 0.454. The largest absolute Gasteiger partial charge is 0.361 e. The van der Waals surface area contributed by atoms with Crippen LogP contribution in [-0.4, -0.2) is 11.7 Å². The molecule has 0 atom stereocenters. The fourth-order valence-electron chi connectivity index (χ4n) is 1.04. The van der Waals surface area contributed by atoms with Crippen LogP contribution in [0.5, 0.6) is 0 Å². The molecule has 0 saturated heterocycles. The zero-order chi connectivity index (χ0) is 11.1. The van der Waals surface area contributed by atoms with Crippen LogP contribution in [0.15, 0.2) is 24.3 Å². The summed E-state index contributed by atoms with van der Waals surface area (Å²) in [5.41, 5.74) is 2.17. The summed E-state index contributed by atoms with van der Waals surface area (Å²) in [5.74, 6) is 0. The van der Waals surface area contributed by atoms with E-state index in [-0.39, 0.29) is 0 Å². The molecule has 1 aromatic carbocycles. The van der Waals surface area contributed by atoms with E-state index >= 15 is 0 Å². The Morgan fingerprint density at radius 3 is 2.67 bits per heavy atom. The molecule has 0 aliphatic carbocycles. The molecule has 0 radical (unpaired) electrons. The van der Waals surface area contributed by atoms with Crippen LogP contribution in [0.1, 0.15) is 12.0 Å². The first-order valence-corrected chi connectivity index (χ1v) is 5.11. The molecule has 0 heterocycles. The third-order valence-electron chi connectivity index (χ3n) is 1.83. The predicted molar refractivity (Wildman–Crippen MR) is 65.6 cm³/mol. The van der Waals surface area contributed by atoms with Crippen molar-refractivity contribution in [3.05, 3.63) is 29.8 Å². The first kappa shape index (κ1) is 11.5. The van der Waals surface area contributed by atoms with Gasteiger partial charge < -0.3 is 10.6 Å². The van der Waals surface area contributed by atoms with Crippen molar-refractivity contribution in [2.45, 2.75) is 13.3 Å². The molecular weight excluding hydrogens is 206 g/mol. The second-order valence-corrected chi connectivity index (χ2v) is 3.56. The summed E-state index contributed by atoms with van der Waals surface area (Å²) in [6.45, 7) is 2.61. The highest BCUT2D eigenvalue weighted by atomic mass is 32.1. The van der Waals surface area contributed by atoms with Gasteiger partial charge in [0.1, 0.15) is 0 Å². The van der Waals surface area contributed by atoms with Gasteiger partial charge in [0.05, 0.1) is 12.5 Å². The molecule has 2 N–H and O–H groups in total. The van der Waals surface area contributed by atoms with Crippen molar-refractivity contribution in [1.29, 1.82) is 5.26 Å². The summed E-state index contributed by atoms with van der Waals surface area (Å²) < 4.78 is 0. The lowest BCUT2D eigenvalue weighted by atomic mass is 10.2. The maximum atomic E-state index is 8.35. The molecule has 0 bridgehead atoms. The summed E-state index contributed by atoms with van der Waals surface area (Å²) in [4.78, 5) is 0. The van der Waals surface area contributed by atoms with Gasteiger partial charge in [-0.15, -0.1) is 0 Å². The molecule has 0 unspecified atom stereocenters. The van der Waals surface area contributed by atoms with Crippen LogP contribution in [0.25, 0.3) is 0 Å². The number of benzene rings is 1. The maximum Gasteiger partial charge on any atom is 0.170 e. The standard InChI is InChI=1S/C11H13N3S/c1-9-3-5-10(6-4-9)14-11(15)13-8-2-7-12/h3-6H,2,8H2,1H3,(H2,13,14,15). The average Bonchev–Trinajstić information content (AvgIpc) is 2.22. The van der Waals surface area contributed by atoms with Crippen molar-refractivity contribution in [3.8, 4) is 6.07 Å². The van der Waals surface area contributed by atoms with Gasteiger partial charge in [0.25, 0.3) is 0 Å². The van der Waals surface area contributed by atoms with Gasteiger partial charge in [0, 0.05) is 12.2 Å². The Morgan fingerprint density at radius 1 is 1.40 bits per heavy atom. The molecule has 0 amide bonds. The fourth-order valence-corrected chi connectivity index (χ4v) is 1.26. The van der Waals surface area contributed by atoms with E-state index in [1.54, 1.807) is 0 Å². The first-order valence-electron chi connectivity index (χ1n) is 4.71. The molecule has 0 saturated carbocycles. The molecule has 0 aliphatic heterocycles. The molecule has 3 nitrogen and oxygen atoms in total. The molecular formula is C11H13N3S. The van der Waals surface area contributed by atoms with E-state index in [1.165, 1.54) is 5.56 Å². The Labute approximate surface area is 95.1 Å². The van der Waals surface area contributed by atoms with Crippen molar-refractivity contribution in [1.82, 2.24) is 5.32 Å². The molecule has 0 spiro atoms. The zero-order valence-electron chi connectivity index (χ0n) is 8.58. The molecule has 1 rings (SSSR count). The van der Waals surface area contributed by atoms with Crippen LogP contribution in [0.4, 0.5) is 5.69 Å². The third kappa shape index (κ3) is 4.43. The first-order chi connectivity index (χ1) is 7.22. The summed E-state index contributed by atoms with van der Waals surface area (Å²) in [6, 6.07) is 10.0. The Bertz CT molecular complexity index is 364. The Balaban J connectivity index is 2.38. The van der Waals surface area contributed by atoms with Crippen molar-refractivity contribution in [2.24, 2.45) is 0 Å². The SMILES string of the molecule is Cc1ccc(NC(=S)NCCC#N)cc1. The van der Waals surface area contributed by atoms with Gasteiger partial charge in [-0.1, -0.05) is 17.7 Å². The third-order valence-corrected chi connectivity index (χ3v) is 2.08. The maximum absolute atomic E-state index is 8.35. The second-order valence-electron chi connectivity index (χ2n) is 3.16. The summed E-state index contributed by atoms with van der Waals surface area (Å²) >= 11 is 5.05. The van der Waals surface area contributed by atoms with Crippen LogP contribution >= 0.6 is 12.2 Å². The number of nitrogens with zero attached hydrogens (tertiary/aromatic N) is 1. The van der Waals surface area contributed by atoms with Crippen molar-refractivity contribution >= 4 is 23.0 Å². The van der Waals surface area contributed by atoms with Gasteiger partial charge in [0.15, 0.2) is 5.11 Å². The summed E-state index contributed by atoms with van der Waals surface area (Å²) in [7, 11) is 0. The topological polar surface area (TPSA) is 47.8 Å². The lowest BCUT2D eigenvalue weighted by Gasteiger charge is -2.09. The quantitative estimate of drug-likeness (QED) is 0.604. The van der Waals surface area contributed by atoms with Crippen LogP contribution in [0.3, 0.4) is 0 Å². The van der Waals surface area contributed by atoms with E-state index < -0.39 is 0 Å². The van der Waals surface area contributed by atoms with Gasteiger partial charge in [-0.05, 0) is 31.3 Å². The molecule has 78 valence electrons. The number of nitriles is 1. The van der Waals surface area contributed by atoms with Crippen molar-refractivity contribution in [2.75, 3.05) is 11.9 Å². The summed E-state index contributed by atoms with van der Waals surface area (Å²) in [5, 5.41) is 14.9. The monoisotopic (exact) mass is 219 g/mol. The number of thiocarbonyl (C=S) groups is 1. The van der Waals surface area contributed by atoms with Gasteiger partial charge in [-0.2, -0.15) is 5.26 Å². The Kier molecular flexibility index (Phi) is 4.58. The van der Waals surface area contributed by atoms with Gasteiger partial charge in [-0.25, -0.2) is 0 Å². The van der Waals surface area contributed by atoms with Crippen LogP contribution in [0.2, 0.25) is 0 Å². The number of rotatable bonds is 3. The van der Waals surface area contributed by atoms with Crippen molar-refractivity contribution < 1.29 is 0 Å². The number of aryl methyl sites for hydroxylation is 1. The van der Waals surface area contributed by atoms with E-state index in [0.717, 1.165) is 5.69 Å². The van der Waals surface area contributed by atoms with E-state index in [2.05, 4.69) is 10.6 Å². The minimum atomic E-state index is 0.454. The number of nitrogens with one attached hydrogen (secondary N) is 2. The smallest absolute Gasteiger partial charge is 0.170 e. The number of hydrogen-bond acceptors (Lipinski definition) is 2. The van der Waals surface area contributed by atoms with Gasteiger partial charge in [-0.3, -0.25) is 0 Å². The lowest BCUT2D eigenvalue weighted by Crippen LogP contribution is -2.28. The van der Waals surface area contributed by atoms with E-state index in [1.807, 2.05) is 37.3 Å². The second kappa shape index (κ2) is 5.99. The van der Waals surface area contributed by atoms with E-state index in [9.17, 15) is 0 Å². The molecule has 15 heavy (non-hydrogen) atoms. The molecule has 0 aliphatic rings. The molecule has 0 aromatic heterocycles. The van der Waals surface area contributed by atoms with Crippen LogP contribution < -0.4 is 10.6 Å². The predicted octanol–water partition coefficient (Wildman–Crippen LogP) is 2.20. The number of hydrogen-bond donors (Lipinski definition) is 2. The van der Waals surface area contributed by atoms with Crippen LogP contribution in [-0.2, 0) is 0 Å². The highest BCUT2D eigenvalue weighted by Gasteiger charge is 1.95. The molecule has 0 fully saturated rings. The Morgan fingerprint density at radius 2 is 2.07 bits per heavy atom. The van der Waals surface area contributed by atoms with E-state index in [0.29, 0.717) is 18.1 Å². The minimum absolute atomic E-state index is 0.454. The molecule has 1 aromatic rings. The fraction of sp³-hybridized carbons (Fsp3) is 0.273.